The van der Waals surface area contributed by atoms with Gasteiger partial charge in [-0.15, -0.1) is 0 Å². The Balaban J connectivity index is 1.23. The van der Waals surface area contributed by atoms with Crippen molar-refractivity contribution in [1.82, 2.24) is 0 Å². The predicted octanol–water partition coefficient (Wildman–Crippen LogP) is 7.50. The van der Waals surface area contributed by atoms with E-state index in [2.05, 4.69) is 32.2 Å². The Morgan fingerprint density at radius 3 is 1.96 bits per heavy atom. The average Bonchev–Trinajstić information content (AvgIpc) is 3.32. The fraction of sp³-hybridized carbons (Fsp3) is 0.306. The van der Waals surface area contributed by atoms with Crippen molar-refractivity contribution >= 4 is 17.9 Å². The van der Waals surface area contributed by atoms with E-state index in [1.807, 2.05) is 18.2 Å². The molecule has 236 valence electrons. The Hall–Kier alpha value is -4.92. The number of benzene rings is 3. The zero-order valence-electron chi connectivity index (χ0n) is 25.4. The maximum absolute atomic E-state index is 12.8. The van der Waals surface area contributed by atoms with Gasteiger partial charge in [-0.3, -0.25) is 0 Å². The molecule has 0 saturated carbocycles. The molecule has 3 aromatic rings. The number of hydrogen-bond acceptors (Lipinski definition) is 8. The molecule has 0 spiro atoms. The van der Waals surface area contributed by atoms with Gasteiger partial charge in [0.2, 0.25) is 5.83 Å². The number of carbonyl (C=O) groups excluding carboxylic acids is 3. The summed E-state index contributed by atoms with van der Waals surface area (Å²) >= 11 is 0. The Morgan fingerprint density at radius 1 is 0.733 bits per heavy atom. The highest BCUT2D eigenvalue weighted by Crippen LogP contribution is 2.47. The maximum atomic E-state index is 12.8. The monoisotopic (exact) mass is 616 g/mol. The summed E-state index contributed by atoms with van der Waals surface area (Å²) < 4.78 is 39.6. The van der Waals surface area contributed by atoms with Crippen LogP contribution in [0.3, 0.4) is 0 Å². The molecule has 1 unspecified atom stereocenters. The summed E-state index contributed by atoms with van der Waals surface area (Å²) in [7, 11) is 0. The van der Waals surface area contributed by atoms with Gasteiger partial charge in [-0.1, -0.05) is 32.2 Å². The first-order chi connectivity index (χ1) is 21.8. The fourth-order valence-electron chi connectivity index (χ4n) is 4.93. The van der Waals surface area contributed by atoms with Gasteiger partial charge < -0.3 is 23.7 Å². The van der Waals surface area contributed by atoms with Crippen LogP contribution >= 0.6 is 0 Å². The third-order valence-electron chi connectivity index (χ3n) is 7.30. The largest absolute Gasteiger partial charge is 0.494 e. The quantitative estimate of drug-likeness (QED) is 0.0666. The second-order valence-corrected chi connectivity index (χ2v) is 10.5. The Bertz CT molecular complexity index is 1530. The van der Waals surface area contributed by atoms with Crippen molar-refractivity contribution in [3.63, 3.8) is 0 Å². The minimum atomic E-state index is -1.08. The lowest BCUT2D eigenvalue weighted by Gasteiger charge is -2.11. The second-order valence-electron chi connectivity index (χ2n) is 10.5. The Kier molecular flexibility index (Phi) is 11.9. The van der Waals surface area contributed by atoms with Crippen LogP contribution in [0.2, 0.25) is 0 Å². The molecule has 0 amide bonds. The van der Waals surface area contributed by atoms with E-state index in [1.165, 1.54) is 0 Å². The molecule has 1 atom stereocenters. The molecule has 3 aromatic carbocycles. The van der Waals surface area contributed by atoms with E-state index in [9.17, 15) is 18.8 Å². The number of unbranched alkanes of at least 4 members (excludes halogenated alkanes) is 3. The Labute approximate surface area is 262 Å². The molecule has 45 heavy (non-hydrogen) atoms. The third-order valence-corrected chi connectivity index (χ3v) is 7.30. The van der Waals surface area contributed by atoms with E-state index in [1.54, 1.807) is 30.3 Å². The van der Waals surface area contributed by atoms with Crippen molar-refractivity contribution in [2.24, 2.45) is 0 Å². The van der Waals surface area contributed by atoms with Gasteiger partial charge in [0.15, 0.2) is 0 Å². The zero-order valence-corrected chi connectivity index (χ0v) is 25.4. The van der Waals surface area contributed by atoms with Gasteiger partial charge in [-0.05, 0) is 96.5 Å². The van der Waals surface area contributed by atoms with Crippen molar-refractivity contribution in [3.8, 4) is 28.4 Å². The van der Waals surface area contributed by atoms with Crippen molar-refractivity contribution in [2.45, 2.75) is 44.9 Å². The first-order valence-electron chi connectivity index (χ1n) is 14.9. The molecular formula is C36H37FO8. The molecule has 0 radical (unpaired) electrons. The van der Waals surface area contributed by atoms with Crippen LogP contribution < -0.4 is 14.2 Å². The Morgan fingerprint density at radius 2 is 1.29 bits per heavy atom. The van der Waals surface area contributed by atoms with Crippen LogP contribution in [0.1, 0.15) is 66.4 Å². The molecule has 1 aliphatic carbocycles. The van der Waals surface area contributed by atoms with Gasteiger partial charge >= 0.3 is 17.9 Å². The molecule has 0 fully saturated rings. The van der Waals surface area contributed by atoms with E-state index in [0.717, 1.165) is 53.3 Å². The molecule has 9 heteroatoms. The molecule has 0 N–H and O–H groups in total. The van der Waals surface area contributed by atoms with Crippen LogP contribution in [-0.2, 0) is 19.1 Å². The zero-order chi connectivity index (χ0) is 32.2. The summed E-state index contributed by atoms with van der Waals surface area (Å²) in [6.07, 6.45) is 4.89. The number of carbonyl (C=O) groups is 3. The number of ether oxygens (including phenoxy) is 5. The summed E-state index contributed by atoms with van der Waals surface area (Å²) in [6, 6.07) is 18.5. The molecule has 0 aliphatic heterocycles. The standard InChI is InChI=1S/C36H37FO8/c1-4-34(38)43-21-9-20-41-27-12-10-26(11-13-27)36(40)45-29-15-17-31-30-16-14-28(22-32(30)24(2)33(31)23-29)42-18-7-5-6-8-19-44-35(39)25(3)37/h4,10-17,22-24H,1,3,5-9,18-21H2,2H3. The third kappa shape index (κ3) is 9.28. The minimum Gasteiger partial charge on any atom is -0.494 e. The van der Waals surface area contributed by atoms with Crippen LogP contribution in [0.5, 0.6) is 17.2 Å². The summed E-state index contributed by atoms with van der Waals surface area (Å²) in [5, 5.41) is 0. The van der Waals surface area contributed by atoms with Crippen LogP contribution in [0.15, 0.2) is 85.7 Å². The van der Waals surface area contributed by atoms with Crippen LogP contribution in [0.4, 0.5) is 4.39 Å². The lowest BCUT2D eigenvalue weighted by molar-refractivity contribution is -0.141. The van der Waals surface area contributed by atoms with Gasteiger partial charge in [0.1, 0.15) is 17.2 Å². The molecule has 0 saturated heterocycles. The lowest BCUT2D eigenvalue weighted by Crippen LogP contribution is -2.09. The van der Waals surface area contributed by atoms with Crippen molar-refractivity contribution in [3.05, 3.63) is 102 Å². The molecule has 0 heterocycles. The maximum Gasteiger partial charge on any atom is 0.366 e. The first-order valence-corrected chi connectivity index (χ1v) is 14.9. The van der Waals surface area contributed by atoms with Gasteiger partial charge in [0.25, 0.3) is 0 Å². The van der Waals surface area contributed by atoms with Crippen molar-refractivity contribution in [1.29, 1.82) is 0 Å². The van der Waals surface area contributed by atoms with Gasteiger partial charge in [-0.2, -0.15) is 4.39 Å². The van der Waals surface area contributed by atoms with Crippen LogP contribution in [-0.4, -0.2) is 44.3 Å². The molecule has 0 bridgehead atoms. The number of esters is 3. The predicted molar refractivity (Wildman–Crippen MR) is 167 cm³/mol. The normalized spacial score (nSPS) is 12.8. The van der Waals surface area contributed by atoms with Crippen molar-refractivity contribution in [2.75, 3.05) is 26.4 Å². The number of rotatable bonds is 17. The highest BCUT2D eigenvalue weighted by atomic mass is 19.1. The lowest BCUT2D eigenvalue weighted by atomic mass is 9.99. The topological polar surface area (TPSA) is 97.4 Å². The van der Waals surface area contributed by atoms with E-state index >= 15 is 0 Å². The van der Waals surface area contributed by atoms with Gasteiger partial charge in [0, 0.05) is 18.4 Å². The summed E-state index contributed by atoms with van der Waals surface area (Å²) in [6.45, 7) is 9.71. The highest BCUT2D eigenvalue weighted by Gasteiger charge is 2.27. The highest BCUT2D eigenvalue weighted by molar-refractivity contribution is 5.91. The van der Waals surface area contributed by atoms with Gasteiger partial charge in [0.05, 0.1) is 32.0 Å². The summed E-state index contributed by atoms with van der Waals surface area (Å²) in [4.78, 5) is 34.9. The van der Waals surface area contributed by atoms with E-state index in [0.29, 0.717) is 43.1 Å². The molecule has 1 aliphatic rings. The molecular weight excluding hydrogens is 579 g/mol. The first kappa shape index (κ1) is 33.0. The number of hydrogen-bond donors (Lipinski definition) is 0. The summed E-state index contributed by atoms with van der Waals surface area (Å²) in [5.41, 5.74) is 4.85. The fourth-order valence-corrected chi connectivity index (χ4v) is 4.93. The molecule has 8 nitrogen and oxygen atoms in total. The van der Waals surface area contributed by atoms with E-state index in [-0.39, 0.29) is 19.1 Å². The molecule has 4 rings (SSSR count). The summed E-state index contributed by atoms with van der Waals surface area (Å²) in [5.74, 6) is -1.07. The van der Waals surface area contributed by atoms with Gasteiger partial charge in [-0.25, -0.2) is 14.4 Å². The average molecular weight is 617 g/mol. The number of fused-ring (bicyclic) bond motifs is 3. The van der Waals surface area contributed by atoms with E-state index < -0.39 is 23.7 Å². The van der Waals surface area contributed by atoms with Crippen LogP contribution in [0, 0.1) is 0 Å². The smallest absolute Gasteiger partial charge is 0.366 e. The minimum absolute atomic E-state index is 0.0945. The van der Waals surface area contributed by atoms with Crippen molar-refractivity contribution < 1.29 is 42.5 Å². The second kappa shape index (κ2) is 16.2. The van der Waals surface area contributed by atoms with E-state index in [4.69, 9.17) is 23.7 Å². The van der Waals surface area contributed by atoms with Crippen LogP contribution in [0.25, 0.3) is 11.1 Å². The number of halogens is 1. The molecule has 0 aromatic heterocycles. The SMILES string of the molecule is C=CC(=O)OCCCOc1ccc(C(=O)Oc2ccc3c(c2)C(C)c2cc(OCCCCCCOC(=O)C(=C)F)ccc2-3)cc1.